The van der Waals surface area contributed by atoms with Crippen molar-refractivity contribution in [3.63, 3.8) is 0 Å². The van der Waals surface area contributed by atoms with Gasteiger partial charge in [-0.2, -0.15) is 0 Å². The molecule has 19 heavy (non-hydrogen) atoms. The summed E-state index contributed by atoms with van der Waals surface area (Å²) in [4.78, 5) is 0. The van der Waals surface area contributed by atoms with Crippen LogP contribution in [0.25, 0.3) is 0 Å². The van der Waals surface area contributed by atoms with E-state index in [0.29, 0.717) is 17.9 Å². The molecule has 0 aliphatic rings. The van der Waals surface area contributed by atoms with E-state index in [0.717, 1.165) is 25.8 Å². The van der Waals surface area contributed by atoms with Crippen molar-refractivity contribution in [3.05, 3.63) is 29.6 Å². The first-order chi connectivity index (χ1) is 8.90. The summed E-state index contributed by atoms with van der Waals surface area (Å²) in [5.74, 6) is 0.129. The molecule has 0 saturated carbocycles. The van der Waals surface area contributed by atoms with Crippen molar-refractivity contribution < 1.29 is 9.13 Å². The first-order valence-corrected chi connectivity index (χ1v) is 7.03. The molecule has 0 atom stereocenters. The molecule has 0 heterocycles. The normalized spacial score (nSPS) is 11.6. The van der Waals surface area contributed by atoms with E-state index in [-0.39, 0.29) is 11.4 Å². The van der Waals surface area contributed by atoms with Crippen molar-refractivity contribution in [2.24, 2.45) is 0 Å². The maximum absolute atomic E-state index is 13.6. The largest absolute Gasteiger partial charge is 0.491 e. The fourth-order valence-electron chi connectivity index (χ4n) is 1.78. The second kappa shape index (κ2) is 7.49. The van der Waals surface area contributed by atoms with E-state index >= 15 is 0 Å². The summed E-state index contributed by atoms with van der Waals surface area (Å²) in [5, 5.41) is 3.45. The van der Waals surface area contributed by atoms with Crippen molar-refractivity contribution in [1.82, 2.24) is 5.32 Å². The Balaban J connectivity index is 2.13. The van der Waals surface area contributed by atoms with Crippen LogP contribution in [-0.4, -0.2) is 18.7 Å². The molecule has 1 aromatic carbocycles. The standard InChI is InChI=1S/C16H26FNO/c1-13-9-8-10-14(15(13)17)19-12-7-5-6-11-18-16(2,3)4/h8-10,18H,5-7,11-12H2,1-4H3. The van der Waals surface area contributed by atoms with Crippen molar-refractivity contribution in [2.45, 2.75) is 52.5 Å². The first kappa shape index (κ1) is 16.0. The summed E-state index contributed by atoms with van der Waals surface area (Å²) in [5.41, 5.74) is 0.813. The first-order valence-electron chi connectivity index (χ1n) is 7.03. The van der Waals surface area contributed by atoms with Gasteiger partial charge in [-0.05, 0) is 65.1 Å². The minimum absolute atomic E-state index is 0.182. The highest BCUT2D eigenvalue weighted by molar-refractivity contribution is 5.29. The summed E-state index contributed by atoms with van der Waals surface area (Å²) in [7, 11) is 0. The van der Waals surface area contributed by atoms with Crippen molar-refractivity contribution >= 4 is 0 Å². The Bertz CT molecular complexity index is 385. The van der Waals surface area contributed by atoms with E-state index in [1.807, 2.05) is 6.07 Å². The Morgan fingerprint density at radius 2 is 1.89 bits per heavy atom. The molecule has 1 aromatic rings. The molecular formula is C16H26FNO. The van der Waals surface area contributed by atoms with Gasteiger partial charge in [0.25, 0.3) is 0 Å². The Kier molecular flexibility index (Phi) is 6.29. The highest BCUT2D eigenvalue weighted by atomic mass is 19.1. The molecule has 0 amide bonds. The molecule has 1 N–H and O–H groups in total. The summed E-state index contributed by atoms with van der Waals surface area (Å²) in [6.45, 7) is 9.84. The second-order valence-electron chi connectivity index (χ2n) is 5.97. The molecule has 0 aliphatic carbocycles. The molecule has 0 aliphatic heterocycles. The zero-order valence-electron chi connectivity index (χ0n) is 12.6. The predicted molar refractivity (Wildman–Crippen MR) is 78.2 cm³/mol. The van der Waals surface area contributed by atoms with E-state index < -0.39 is 0 Å². The van der Waals surface area contributed by atoms with E-state index in [2.05, 4.69) is 26.1 Å². The van der Waals surface area contributed by atoms with E-state index in [1.54, 1.807) is 19.1 Å². The number of unbranched alkanes of at least 4 members (excludes halogenated alkanes) is 2. The molecule has 3 heteroatoms. The van der Waals surface area contributed by atoms with Crippen LogP contribution in [0.3, 0.4) is 0 Å². The monoisotopic (exact) mass is 267 g/mol. The number of benzene rings is 1. The Hall–Kier alpha value is -1.09. The summed E-state index contributed by atoms with van der Waals surface area (Å²) >= 11 is 0. The lowest BCUT2D eigenvalue weighted by atomic mass is 10.1. The van der Waals surface area contributed by atoms with E-state index in [9.17, 15) is 4.39 Å². The molecule has 0 unspecified atom stereocenters. The maximum atomic E-state index is 13.6. The Morgan fingerprint density at radius 3 is 2.58 bits per heavy atom. The number of hydrogen-bond acceptors (Lipinski definition) is 2. The van der Waals surface area contributed by atoms with Gasteiger partial charge in [0, 0.05) is 5.54 Å². The van der Waals surface area contributed by atoms with Crippen LogP contribution < -0.4 is 10.1 Å². The van der Waals surface area contributed by atoms with Crippen LogP contribution in [0.2, 0.25) is 0 Å². The average molecular weight is 267 g/mol. The van der Waals surface area contributed by atoms with Crippen LogP contribution in [0.15, 0.2) is 18.2 Å². The number of hydrogen-bond donors (Lipinski definition) is 1. The molecule has 1 rings (SSSR count). The van der Waals surface area contributed by atoms with Crippen molar-refractivity contribution in [1.29, 1.82) is 0 Å². The fraction of sp³-hybridized carbons (Fsp3) is 0.625. The van der Waals surface area contributed by atoms with E-state index in [4.69, 9.17) is 4.74 Å². The smallest absolute Gasteiger partial charge is 0.167 e. The molecular weight excluding hydrogens is 241 g/mol. The van der Waals surface area contributed by atoms with Crippen molar-refractivity contribution in [2.75, 3.05) is 13.2 Å². The average Bonchev–Trinajstić information content (AvgIpc) is 2.31. The highest BCUT2D eigenvalue weighted by Crippen LogP contribution is 2.19. The molecule has 0 aromatic heterocycles. The van der Waals surface area contributed by atoms with Crippen molar-refractivity contribution in [3.8, 4) is 5.75 Å². The minimum Gasteiger partial charge on any atom is -0.491 e. The van der Waals surface area contributed by atoms with Gasteiger partial charge in [-0.15, -0.1) is 0 Å². The van der Waals surface area contributed by atoms with Crippen LogP contribution in [0.4, 0.5) is 4.39 Å². The lowest BCUT2D eigenvalue weighted by Crippen LogP contribution is -2.36. The molecule has 0 fully saturated rings. The van der Waals surface area contributed by atoms with Crippen LogP contribution in [0.5, 0.6) is 5.75 Å². The van der Waals surface area contributed by atoms with Gasteiger partial charge in [-0.3, -0.25) is 0 Å². The number of ether oxygens (including phenoxy) is 1. The maximum Gasteiger partial charge on any atom is 0.167 e. The molecule has 108 valence electrons. The van der Waals surface area contributed by atoms with E-state index in [1.165, 1.54) is 0 Å². The Labute approximate surface area is 116 Å². The Morgan fingerprint density at radius 1 is 1.16 bits per heavy atom. The number of rotatable bonds is 7. The van der Waals surface area contributed by atoms with Gasteiger partial charge in [0.1, 0.15) is 0 Å². The molecule has 0 saturated heterocycles. The van der Waals surface area contributed by atoms with Gasteiger partial charge in [-0.25, -0.2) is 4.39 Å². The van der Waals surface area contributed by atoms with Crippen LogP contribution in [0.1, 0.15) is 45.6 Å². The zero-order chi connectivity index (χ0) is 14.3. The lowest BCUT2D eigenvalue weighted by Gasteiger charge is -2.20. The van der Waals surface area contributed by atoms with Gasteiger partial charge < -0.3 is 10.1 Å². The third-order valence-electron chi connectivity index (χ3n) is 2.89. The number of nitrogens with one attached hydrogen (secondary N) is 1. The van der Waals surface area contributed by atoms with Gasteiger partial charge in [-0.1, -0.05) is 12.1 Å². The fourth-order valence-corrected chi connectivity index (χ4v) is 1.78. The molecule has 2 nitrogen and oxygen atoms in total. The van der Waals surface area contributed by atoms with Crippen LogP contribution in [0, 0.1) is 12.7 Å². The van der Waals surface area contributed by atoms with Gasteiger partial charge in [0.2, 0.25) is 0 Å². The number of halogens is 1. The number of aryl methyl sites for hydroxylation is 1. The summed E-state index contributed by atoms with van der Waals surface area (Å²) in [6, 6.07) is 5.25. The predicted octanol–water partition coefficient (Wildman–Crippen LogP) is 4.07. The third-order valence-corrected chi connectivity index (χ3v) is 2.89. The molecule has 0 spiro atoms. The van der Waals surface area contributed by atoms with Gasteiger partial charge in [0.15, 0.2) is 11.6 Å². The summed E-state index contributed by atoms with van der Waals surface area (Å²) in [6.07, 6.45) is 3.17. The van der Waals surface area contributed by atoms with Gasteiger partial charge in [0.05, 0.1) is 6.61 Å². The topological polar surface area (TPSA) is 21.3 Å². The molecule has 0 radical (unpaired) electrons. The second-order valence-corrected chi connectivity index (χ2v) is 5.97. The summed E-state index contributed by atoms with van der Waals surface area (Å²) < 4.78 is 19.1. The van der Waals surface area contributed by atoms with Gasteiger partial charge >= 0.3 is 0 Å². The minimum atomic E-state index is -0.239. The zero-order valence-corrected chi connectivity index (χ0v) is 12.6. The SMILES string of the molecule is Cc1cccc(OCCCCCNC(C)(C)C)c1F. The quantitative estimate of drug-likeness (QED) is 0.752. The van der Waals surface area contributed by atoms with Crippen LogP contribution in [-0.2, 0) is 0 Å². The highest BCUT2D eigenvalue weighted by Gasteiger charge is 2.07. The van der Waals surface area contributed by atoms with Crippen LogP contribution >= 0.6 is 0 Å². The third kappa shape index (κ3) is 6.58. The lowest BCUT2D eigenvalue weighted by molar-refractivity contribution is 0.288. The molecule has 0 bridgehead atoms.